The monoisotopic (exact) mass is 423 g/mol. The Morgan fingerprint density at radius 2 is 1.65 bits per heavy atom. The first-order valence-electron chi connectivity index (χ1n) is 10.3. The molecule has 0 bridgehead atoms. The van der Waals surface area contributed by atoms with Crippen LogP contribution in [-0.4, -0.2) is 25.9 Å². The summed E-state index contributed by atoms with van der Waals surface area (Å²) in [6, 6.07) is 11.3. The van der Waals surface area contributed by atoms with Crippen LogP contribution in [0.3, 0.4) is 0 Å². The fourth-order valence-electron chi connectivity index (χ4n) is 4.66. The van der Waals surface area contributed by atoms with Crippen LogP contribution in [0.15, 0.2) is 53.7 Å². The number of ketones is 1. The molecule has 2 aromatic carbocycles. The fourth-order valence-corrected chi connectivity index (χ4v) is 4.66. The molecule has 0 N–H and O–H groups in total. The molecule has 0 saturated carbocycles. The van der Waals surface area contributed by atoms with Gasteiger partial charge in [0.25, 0.3) is 0 Å². The molecule has 0 saturated heterocycles. The van der Waals surface area contributed by atoms with E-state index in [2.05, 4.69) is 0 Å². The summed E-state index contributed by atoms with van der Waals surface area (Å²) < 4.78 is 24.3. The maximum Gasteiger partial charge on any atom is 0.232 e. The Hall–Kier alpha value is -3.15. The van der Waals surface area contributed by atoms with E-state index in [-0.39, 0.29) is 35.3 Å². The summed E-state index contributed by atoms with van der Waals surface area (Å²) in [5.41, 5.74) is 2.52. The van der Waals surface area contributed by atoms with Crippen molar-refractivity contribution in [1.29, 1.82) is 0 Å². The summed E-state index contributed by atoms with van der Waals surface area (Å²) in [5.74, 6) is 0.348. The lowest BCUT2D eigenvalue weighted by Gasteiger charge is -2.43. The minimum absolute atomic E-state index is 0.0469. The predicted molar refractivity (Wildman–Crippen MR) is 116 cm³/mol. The van der Waals surface area contributed by atoms with Gasteiger partial charge in [0.05, 0.1) is 14.2 Å². The molecule has 1 unspecified atom stereocenters. The van der Waals surface area contributed by atoms with E-state index in [1.165, 1.54) is 12.1 Å². The van der Waals surface area contributed by atoms with Gasteiger partial charge in [-0.25, -0.2) is 4.39 Å². The van der Waals surface area contributed by atoms with Gasteiger partial charge in [0.2, 0.25) is 5.91 Å². The highest BCUT2D eigenvalue weighted by Crippen LogP contribution is 2.48. The van der Waals surface area contributed by atoms with Crippen LogP contribution in [-0.2, 0) is 9.59 Å². The number of rotatable bonds is 4. The second kappa shape index (κ2) is 7.84. The Morgan fingerprint density at radius 3 is 2.29 bits per heavy atom. The number of halogens is 1. The zero-order valence-electron chi connectivity index (χ0n) is 18.2. The van der Waals surface area contributed by atoms with E-state index < -0.39 is 0 Å². The summed E-state index contributed by atoms with van der Waals surface area (Å²) in [7, 11) is 3.12. The van der Waals surface area contributed by atoms with Gasteiger partial charge in [0.15, 0.2) is 17.3 Å². The third kappa shape index (κ3) is 3.82. The number of carbonyl (C=O) groups excluding carboxylic acids is 2. The first kappa shape index (κ1) is 21.1. The van der Waals surface area contributed by atoms with Gasteiger partial charge in [-0.05, 0) is 53.8 Å². The Balaban J connectivity index is 1.88. The number of carbonyl (C=O) groups is 2. The lowest BCUT2D eigenvalue weighted by atomic mass is 9.69. The number of Topliss-reactive ketones (excluding diaryl/α,β-unsaturated/α-hetero) is 1. The number of methoxy groups -OCH3 is 2. The van der Waals surface area contributed by atoms with Crippen molar-refractivity contribution in [2.45, 2.75) is 39.0 Å². The van der Waals surface area contributed by atoms with E-state index >= 15 is 0 Å². The smallest absolute Gasteiger partial charge is 0.232 e. The van der Waals surface area contributed by atoms with Crippen molar-refractivity contribution in [2.24, 2.45) is 5.41 Å². The molecule has 2 aromatic rings. The minimum Gasteiger partial charge on any atom is -0.493 e. The molecule has 0 spiro atoms. The quantitative estimate of drug-likeness (QED) is 0.694. The summed E-state index contributed by atoms with van der Waals surface area (Å²) in [4.78, 5) is 28.3. The molecule has 162 valence electrons. The van der Waals surface area contributed by atoms with Crippen LogP contribution < -0.4 is 14.4 Å². The van der Waals surface area contributed by atoms with Crippen molar-refractivity contribution >= 4 is 17.4 Å². The summed E-state index contributed by atoms with van der Waals surface area (Å²) in [6.45, 7) is 4.06. The predicted octanol–water partition coefficient (Wildman–Crippen LogP) is 5.01. The van der Waals surface area contributed by atoms with E-state index in [9.17, 15) is 14.0 Å². The van der Waals surface area contributed by atoms with Gasteiger partial charge >= 0.3 is 0 Å². The zero-order chi connectivity index (χ0) is 22.3. The van der Waals surface area contributed by atoms with Crippen molar-refractivity contribution in [3.05, 3.63) is 65.1 Å². The highest BCUT2D eigenvalue weighted by Gasteiger charge is 2.44. The normalized spacial score (nSPS) is 20.5. The molecule has 1 amide bonds. The van der Waals surface area contributed by atoms with Crippen LogP contribution in [0.4, 0.5) is 10.1 Å². The van der Waals surface area contributed by atoms with Crippen molar-refractivity contribution in [1.82, 2.24) is 0 Å². The number of benzene rings is 2. The second-order valence-corrected chi connectivity index (χ2v) is 8.88. The highest BCUT2D eigenvalue weighted by molar-refractivity contribution is 6.07. The molecule has 0 radical (unpaired) electrons. The number of allylic oxidation sites excluding steroid dienone is 2. The molecular formula is C25H26FNO4. The number of hydrogen-bond donors (Lipinski definition) is 0. The standard InChI is InChI=1S/C25H26FNO4/c1-25(2)13-19-24(20(28)14-25)18(15-5-10-21(30-3)22(11-15)31-4)12-23(29)27(19)17-8-6-16(26)7-9-17/h5-11,18H,12-14H2,1-4H3. The van der Waals surface area contributed by atoms with Crippen molar-refractivity contribution < 1.29 is 23.5 Å². The van der Waals surface area contributed by atoms with E-state index in [0.717, 1.165) is 5.56 Å². The molecule has 0 aromatic heterocycles. The van der Waals surface area contributed by atoms with Crippen LogP contribution in [0.5, 0.6) is 11.5 Å². The van der Waals surface area contributed by atoms with Gasteiger partial charge in [-0.2, -0.15) is 0 Å². The van der Waals surface area contributed by atoms with Crippen LogP contribution in [0.2, 0.25) is 0 Å². The second-order valence-electron chi connectivity index (χ2n) is 8.88. The minimum atomic E-state index is -0.370. The van der Waals surface area contributed by atoms with E-state index in [4.69, 9.17) is 9.47 Å². The van der Waals surface area contributed by atoms with Gasteiger partial charge in [0, 0.05) is 35.7 Å². The number of anilines is 1. The maximum atomic E-state index is 13.5. The Bertz CT molecular complexity index is 1070. The lowest BCUT2D eigenvalue weighted by molar-refractivity contribution is -0.121. The third-order valence-corrected chi connectivity index (χ3v) is 6.04. The van der Waals surface area contributed by atoms with E-state index in [1.807, 2.05) is 26.0 Å². The fraction of sp³-hybridized carbons (Fsp3) is 0.360. The molecule has 0 fully saturated rings. The van der Waals surface area contributed by atoms with Crippen LogP contribution in [0.1, 0.15) is 44.6 Å². The Kier molecular flexibility index (Phi) is 5.33. The van der Waals surface area contributed by atoms with Crippen LogP contribution in [0.25, 0.3) is 0 Å². The molecule has 2 aliphatic rings. The zero-order valence-corrected chi connectivity index (χ0v) is 18.2. The molecule has 5 nitrogen and oxygen atoms in total. The number of hydrogen-bond acceptors (Lipinski definition) is 4. The summed E-state index contributed by atoms with van der Waals surface area (Å²) in [5, 5.41) is 0. The topological polar surface area (TPSA) is 55.8 Å². The molecule has 31 heavy (non-hydrogen) atoms. The molecular weight excluding hydrogens is 397 g/mol. The van der Waals surface area contributed by atoms with E-state index in [0.29, 0.717) is 41.3 Å². The highest BCUT2D eigenvalue weighted by atomic mass is 19.1. The largest absolute Gasteiger partial charge is 0.493 e. The molecule has 1 heterocycles. The average molecular weight is 423 g/mol. The first-order valence-corrected chi connectivity index (χ1v) is 10.3. The number of ether oxygens (including phenoxy) is 2. The summed E-state index contributed by atoms with van der Waals surface area (Å²) >= 11 is 0. The van der Waals surface area contributed by atoms with Gasteiger partial charge in [-0.3, -0.25) is 14.5 Å². The maximum absolute atomic E-state index is 13.5. The van der Waals surface area contributed by atoms with Crippen molar-refractivity contribution in [3.8, 4) is 11.5 Å². The van der Waals surface area contributed by atoms with Gasteiger partial charge < -0.3 is 9.47 Å². The van der Waals surface area contributed by atoms with Crippen molar-refractivity contribution in [2.75, 3.05) is 19.1 Å². The number of amides is 1. The molecule has 4 rings (SSSR count). The molecule has 1 aliphatic heterocycles. The SMILES string of the molecule is COc1ccc(C2CC(=O)N(c3ccc(F)cc3)C3=C2C(=O)CC(C)(C)C3)cc1OC. The van der Waals surface area contributed by atoms with Gasteiger partial charge in [-0.15, -0.1) is 0 Å². The van der Waals surface area contributed by atoms with Gasteiger partial charge in [-0.1, -0.05) is 19.9 Å². The third-order valence-electron chi connectivity index (χ3n) is 6.04. The Morgan fingerprint density at radius 1 is 0.968 bits per heavy atom. The number of nitrogens with zero attached hydrogens (tertiary/aromatic N) is 1. The Labute approximate surface area is 181 Å². The summed E-state index contributed by atoms with van der Waals surface area (Å²) in [6.07, 6.45) is 1.15. The molecule has 6 heteroatoms. The van der Waals surface area contributed by atoms with Crippen LogP contribution in [0, 0.1) is 11.2 Å². The van der Waals surface area contributed by atoms with E-state index in [1.54, 1.807) is 37.3 Å². The van der Waals surface area contributed by atoms with Crippen LogP contribution >= 0.6 is 0 Å². The average Bonchev–Trinajstić information content (AvgIpc) is 2.72. The lowest BCUT2D eigenvalue weighted by Crippen LogP contribution is -2.43. The molecule has 1 aliphatic carbocycles. The first-order chi connectivity index (χ1) is 14.7. The van der Waals surface area contributed by atoms with Gasteiger partial charge in [0.1, 0.15) is 5.82 Å². The molecule has 1 atom stereocenters. The van der Waals surface area contributed by atoms with Crippen molar-refractivity contribution in [3.63, 3.8) is 0 Å².